The average molecular weight is 335 g/mol. The number of aromatic amines is 1. The van der Waals surface area contributed by atoms with Gasteiger partial charge in [0.25, 0.3) is 5.56 Å². The van der Waals surface area contributed by atoms with Gasteiger partial charge in [0.15, 0.2) is 0 Å². The number of nitrogens with one attached hydrogen (secondary N) is 1. The van der Waals surface area contributed by atoms with Crippen LogP contribution in [-0.4, -0.2) is 55.5 Å². The fourth-order valence-electron chi connectivity index (χ4n) is 2.96. The molecule has 1 aromatic heterocycles. The summed E-state index contributed by atoms with van der Waals surface area (Å²) in [7, 11) is 0.386. The van der Waals surface area contributed by atoms with Gasteiger partial charge in [-0.1, -0.05) is 18.2 Å². The van der Waals surface area contributed by atoms with Gasteiger partial charge in [0, 0.05) is 24.2 Å². The standard InChI is InChI=1S/C16H21N3O3S/c1-18(2)9-10-23(21,22)19-8-7-13-12-5-3-4-6-14(12)16(20)17-15(13)11-19/h3-6H,7-11H2,1-2H3,(H,17,20). The molecule has 1 N–H and O–H groups in total. The first-order chi connectivity index (χ1) is 10.9. The molecule has 0 saturated carbocycles. The minimum Gasteiger partial charge on any atom is -0.324 e. The Kier molecular flexibility index (Phi) is 4.27. The van der Waals surface area contributed by atoms with E-state index in [-0.39, 0.29) is 17.9 Å². The first kappa shape index (κ1) is 16.2. The van der Waals surface area contributed by atoms with E-state index in [1.165, 1.54) is 4.31 Å². The molecule has 0 aliphatic carbocycles. The summed E-state index contributed by atoms with van der Waals surface area (Å²) < 4.78 is 26.4. The first-order valence-corrected chi connectivity index (χ1v) is 9.25. The van der Waals surface area contributed by atoms with Crippen LogP contribution in [0.3, 0.4) is 0 Å². The van der Waals surface area contributed by atoms with Crippen molar-refractivity contribution < 1.29 is 8.42 Å². The Morgan fingerprint density at radius 3 is 2.61 bits per heavy atom. The smallest absolute Gasteiger partial charge is 0.256 e. The lowest BCUT2D eigenvalue weighted by Gasteiger charge is -2.29. The third kappa shape index (κ3) is 3.17. The number of fused-ring (bicyclic) bond motifs is 3. The quantitative estimate of drug-likeness (QED) is 0.896. The van der Waals surface area contributed by atoms with Crippen LogP contribution >= 0.6 is 0 Å². The van der Waals surface area contributed by atoms with Gasteiger partial charge >= 0.3 is 0 Å². The normalized spacial score (nSPS) is 16.0. The van der Waals surface area contributed by atoms with Crippen molar-refractivity contribution in [3.63, 3.8) is 0 Å². The highest BCUT2D eigenvalue weighted by molar-refractivity contribution is 7.89. The maximum atomic E-state index is 12.5. The molecular weight excluding hydrogens is 314 g/mol. The van der Waals surface area contributed by atoms with Crippen molar-refractivity contribution in [2.24, 2.45) is 0 Å². The molecule has 2 aromatic rings. The molecule has 1 aliphatic rings. The van der Waals surface area contributed by atoms with Gasteiger partial charge in [0.1, 0.15) is 0 Å². The average Bonchev–Trinajstić information content (AvgIpc) is 2.53. The third-order valence-corrected chi connectivity index (χ3v) is 6.06. The van der Waals surface area contributed by atoms with E-state index < -0.39 is 10.0 Å². The predicted octanol–water partition coefficient (Wildman–Crippen LogP) is 0.778. The second kappa shape index (κ2) is 6.07. The van der Waals surface area contributed by atoms with Crippen LogP contribution < -0.4 is 5.56 Å². The molecule has 2 heterocycles. The van der Waals surface area contributed by atoms with E-state index in [1.807, 2.05) is 37.2 Å². The summed E-state index contributed by atoms with van der Waals surface area (Å²) in [5.74, 6) is 0.0904. The third-order valence-electron chi connectivity index (χ3n) is 4.26. The van der Waals surface area contributed by atoms with Crippen molar-refractivity contribution in [1.29, 1.82) is 0 Å². The Balaban J connectivity index is 1.94. The molecule has 0 spiro atoms. The van der Waals surface area contributed by atoms with E-state index >= 15 is 0 Å². The van der Waals surface area contributed by atoms with E-state index in [1.54, 1.807) is 6.07 Å². The minimum atomic E-state index is -3.32. The van der Waals surface area contributed by atoms with E-state index in [4.69, 9.17) is 0 Å². The van der Waals surface area contributed by atoms with Crippen LogP contribution in [0.5, 0.6) is 0 Å². The van der Waals surface area contributed by atoms with Crippen LogP contribution in [0.25, 0.3) is 10.8 Å². The van der Waals surface area contributed by atoms with Gasteiger partial charge in [-0.2, -0.15) is 4.31 Å². The van der Waals surface area contributed by atoms with Crippen molar-refractivity contribution in [3.05, 3.63) is 45.9 Å². The number of sulfonamides is 1. The summed E-state index contributed by atoms with van der Waals surface area (Å²) in [6, 6.07) is 7.47. The fourth-order valence-corrected chi connectivity index (χ4v) is 4.51. The first-order valence-electron chi connectivity index (χ1n) is 7.64. The predicted molar refractivity (Wildman–Crippen MR) is 91.0 cm³/mol. The highest BCUT2D eigenvalue weighted by Crippen LogP contribution is 2.25. The van der Waals surface area contributed by atoms with Crippen molar-refractivity contribution in [1.82, 2.24) is 14.2 Å². The zero-order valence-electron chi connectivity index (χ0n) is 13.4. The van der Waals surface area contributed by atoms with Crippen LogP contribution in [-0.2, 0) is 23.0 Å². The number of pyridine rings is 1. The molecule has 124 valence electrons. The zero-order chi connectivity index (χ0) is 16.6. The summed E-state index contributed by atoms with van der Waals surface area (Å²) in [6.07, 6.45) is 0.619. The van der Waals surface area contributed by atoms with Gasteiger partial charge in [0.2, 0.25) is 10.0 Å². The van der Waals surface area contributed by atoms with Crippen molar-refractivity contribution in [2.75, 3.05) is 32.9 Å². The molecule has 0 bridgehead atoms. The molecule has 0 fully saturated rings. The topological polar surface area (TPSA) is 73.5 Å². The lowest BCUT2D eigenvalue weighted by molar-refractivity contribution is 0.376. The number of nitrogens with zero attached hydrogens (tertiary/aromatic N) is 2. The van der Waals surface area contributed by atoms with Gasteiger partial charge in [-0.25, -0.2) is 8.42 Å². The minimum absolute atomic E-state index is 0.0904. The Hall–Kier alpha value is -1.70. The Morgan fingerprint density at radius 1 is 1.22 bits per heavy atom. The van der Waals surface area contributed by atoms with E-state index in [0.29, 0.717) is 30.6 Å². The molecule has 0 atom stereocenters. The lowest BCUT2D eigenvalue weighted by Crippen LogP contribution is -2.40. The van der Waals surface area contributed by atoms with Crippen LogP contribution in [0.1, 0.15) is 11.3 Å². The summed E-state index contributed by atoms with van der Waals surface area (Å²) in [5.41, 5.74) is 1.61. The SMILES string of the molecule is CN(C)CCS(=O)(=O)N1CCc2c([nH]c(=O)c3ccccc23)C1. The zero-order valence-corrected chi connectivity index (χ0v) is 14.2. The Labute approximate surface area is 135 Å². The Morgan fingerprint density at radius 2 is 1.91 bits per heavy atom. The number of rotatable bonds is 4. The van der Waals surface area contributed by atoms with Crippen molar-refractivity contribution >= 4 is 20.8 Å². The van der Waals surface area contributed by atoms with Gasteiger partial charge < -0.3 is 9.88 Å². The van der Waals surface area contributed by atoms with Gasteiger partial charge in [-0.15, -0.1) is 0 Å². The fraction of sp³-hybridized carbons (Fsp3) is 0.438. The molecule has 1 aliphatic heterocycles. The summed E-state index contributed by atoms with van der Waals surface area (Å²) in [6.45, 7) is 1.18. The maximum Gasteiger partial charge on any atom is 0.256 e. The molecule has 1 aromatic carbocycles. The van der Waals surface area contributed by atoms with Crippen molar-refractivity contribution in [3.8, 4) is 0 Å². The molecule has 6 nitrogen and oxygen atoms in total. The number of hydrogen-bond acceptors (Lipinski definition) is 4. The lowest BCUT2D eigenvalue weighted by atomic mass is 9.99. The van der Waals surface area contributed by atoms with Gasteiger partial charge in [0.05, 0.1) is 12.3 Å². The molecule has 0 unspecified atom stereocenters. The van der Waals surface area contributed by atoms with Gasteiger partial charge in [-0.05, 0) is 37.5 Å². The van der Waals surface area contributed by atoms with Crippen LogP contribution in [0.4, 0.5) is 0 Å². The Bertz CT molecular complexity index is 887. The second-order valence-electron chi connectivity index (χ2n) is 6.16. The van der Waals surface area contributed by atoms with Crippen molar-refractivity contribution in [2.45, 2.75) is 13.0 Å². The van der Waals surface area contributed by atoms with E-state index in [9.17, 15) is 13.2 Å². The van der Waals surface area contributed by atoms with E-state index in [2.05, 4.69) is 4.98 Å². The maximum absolute atomic E-state index is 12.5. The van der Waals surface area contributed by atoms with Crippen LogP contribution in [0.15, 0.2) is 29.1 Å². The van der Waals surface area contributed by atoms with Crippen LogP contribution in [0, 0.1) is 0 Å². The molecule has 0 amide bonds. The van der Waals surface area contributed by atoms with Crippen LogP contribution in [0.2, 0.25) is 0 Å². The van der Waals surface area contributed by atoms with Gasteiger partial charge in [-0.3, -0.25) is 4.79 Å². The highest BCUT2D eigenvalue weighted by atomic mass is 32.2. The number of H-pyrrole nitrogens is 1. The largest absolute Gasteiger partial charge is 0.324 e. The molecule has 23 heavy (non-hydrogen) atoms. The summed E-state index contributed by atoms with van der Waals surface area (Å²) in [5, 5.41) is 1.59. The second-order valence-corrected chi connectivity index (χ2v) is 8.25. The van der Waals surface area contributed by atoms with E-state index in [0.717, 1.165) is 10.9 Å². The number of hydrogen-bond donors (Lipinski definition) is 1. The molecular formula is C16H21N3O3S. The molecule has 0 saturated heterocycles. The molecule has 0 radical (unpaired) electrons. The molecule has 3 rings (SSSR count). The monoisotopic (exact) mass is 335 g/mol. The highest BCUT2D eigenvalue weighted by Gasteiger charge is 2.28. The summed E-state index contributed by atoms with van der Waals surface area (Å²) >= 11 is 0. The number of aromatic nitrogens is 1. The molecule has 7 heteroatoms. The summed E-state index contributed by atoms with van der Waals surface area (Å²) in [4.78, 5) is 16.9. The number of benzene rings is 1.